The van der Waals surface area contributed by atoms with Gasteiger partial charge < -0.3 is 24.5 Å². The van der Waals surface area contributed by atoms with E-state index in [0.29, 0.717) is 17.5 Å². The average Bonchev–Trinajstić information content (AvgIpc) is 3.45. The molecule has 1 saturated carbocycles. The minimum Gasteiger partial charge on any atom is -0.496 e. The SMILES string of the molecule is COc1cc(C)c2[nH]ccc2c1CN1CCC2(CC(C)C2)C[C@H]1c1ccc(C(=O)N2CCOC(C(=O)O)C2)cc1. The molecule has 8 nitrogen and oxygen atoms in total. The van der Waals surface area contributed by atoms with Crippen LogP contribution < -0.4 is 4.74 Å². The molecule has 3 aromatic rings. The van der Waals surface area contributed by atoms with Gasteiger partial charge in [0.05, 0.1) is 20.3 Å². The molecule has 40 heavy (non-hydrogen) atoms. The number of amides is 1. The molecule has 1 amide bonds. The minimum atomic E-state index is -1.04. The number of nitrogens with zero attached hydrogens (tertiary/aromatic N) is 2. The van der Waals surface area contributed by atoms with Crippen LogP contribution in [0.2, 0.25) is 0 Å². The van der Waals surface area contributed by atoms with Crippen LogP contribution in [-0.2, 0) is 16.1 Å². The van der Waals surface area contributed by atoms with Crippen LogP contribution in [0.5, 0.6) is 5.75 Å². The maximum atomic E-state index is 13.2. The summed E-state index contributed by atoms with van der Waals surface area (Å²) in [6.45, 7) is 6.97. The number of carboxylic acid groups (broad SMARTS) is 1. The Kier molecular flexibility index (Phi) is 7.09. The van der Waals surface area contributed by atoms with Crippen LogP contribution in [0.4, 0.5) is 0 Å². The van der Waals surface area contributed by atoms with Gasteiger partial charge in [0, 0.05) is 47.4 Å². The summed E-state index contributed by atoms with van der Waals surface area (Å²) < 4.78 is 11.2. The van der Waals surface area contributed by atoms with Crippen molar-refractivity contribution in [3.8, 4) is 5.75 Å². The summed E-state index contributed by atoms with van der Waals surface area (Å²) in [5.41, 5.74) is 5.74. The van der Waals surface area contributed by atoms with Gasteiger partial charge in [0.2, 0.25) is 0 Å². The van der Waals surface area contributed by atoms with E-state index in [0.717, 1.165) is 36.7 Å². The molecule has 0 radical (unpaired) electrons. The molecule has 2 aliphatic heterocycles. The molecule has 3 heterocycles. The number of aromatic nitrogens is 1. The molecule has 1 spiro atoms. The number of piperidine rings is 1. The molecule has 3 aliphatic rings. The summed E-state index contributed by atoms with van der Waals surface area (Å²) in [7, 11) is 1.75. The van der Waals surface area contributed by atoms with Crippen molar-refractivity contribution in [3.63, 3.8) is 0 Å². The normalized spacial score (nSPS) is 27.1. The van der Waals surface area contributed by atoms with Gasteiger partial charge in [-0.15, -0.1) is 0 Å². The Labute approximate surface area is 235 Å². The fourth-order valence-electron chi connectivity index (χ4n) is 7.48. The van der Waals surface area contributed by atoms with Crippen LogP contribution in [0.25, 0.3) is 10.9 Å². The number of carboxylic acids is 1. The number of nitrogens with one attached hydrogen (secondary N) is 1. The highest BCUT2D eigenvalue weighted by atomic mass is 16.5. The monoisotopic (exact) mass is 545 g/mol. The van der Waals surface area contributed by atoms with E-state index in [1.54, 1.807) is 12.0 Å². The summed E-state index contributed by atoms with van der Waals surface area (Å²) in [5.74, 6) is 0.524. The van der Waals surface area contributed by atoms with E-state index in [2.05, 4.69) is 48.0 Å². The molecule has 6 rings (SSSR count). The lowest BCUT2D eigenvalue weighted by Crippen LogP contribution is -2.48. The summed E-state index contributed by atoms with van der Waals surface area (Å²) in [5, 5.41) is 10.5. The minimum absolute atomic E-state index is 0.0685. The van der Waals surface area contributed by atoms with Gasteiger partial charge in [-0.1, -0.05) is 19.1 Å². The van der Waals surface area contributed by atoms with E-state index < -0.39 is 12.1 Å². The first-order valence-corrected chi connectivity index (χ1v) is 14.4. The topological polar surface area (TPSA) is 95.1 Å². The van der Waals surface area contributed by atoms with Crippen molar-refractivity contribution in [3.05, 3.63) is 64.8 Å². The lowest BCUT2D eigenvalue weighted by Gasteiger charge is -2.54. The number of rotatable bonds is 6. The number of H-pyrrole nitrogens is 1. The third-order valence-electron chi connectivity index (χ3n) is 9.42. The molecular formula is C32H39N3O5. The Bertz CT molecular complexity index is 1410. The highest BCUT2D eigenvalue weighted by Gasteiger charge is 2.47. The third kappa shape index (κ3) is 4.88. The zero-order valence-electron chi connectivity index (χ0n) is 23.6. The molecule has 1 unspecified atom stereocenters. The second-order valence-electron chi connectivity index (χ2n) is 12.2. The fourth-order valence-corrected chi connectivity index (χ4v) is 7.48. The van der Waals surface area contributed by atoms with Crippen LogP contribution >= 0.6 is 0 Å². The first-order chi connectivity index (χ1) is 19.3. The van der Waals surface area contributed by atoms with Crippen LogP contribution in [-0.4, -0.2) is 71.2 Å². The maximum absolute atomic E-state index is 13.2. The second-order valence-corrected chi connectivity index (χ2v) is 12.2. The molecule has 8 heteroatoms. The van der Waals surface area contributed by atoms with E-state index in [1.165, 1.54) is 41.3 Å². The molecule has 3 fully saturated rings. The zero-order chi connectivity index (χ0) is 28.0. The summed E-state index contributed by atoms with van der Waals surface area (Å²) in [4.78, 5) is 32.2. The molecular weight excluding hydrogens is 506 g/mol. The van der Waals surface area contributed by atoms with Gasteiger partial charge in [0.1, 0.15) is 5.75 Å². The van der Waals surface area contributed by atoms with E-state index in [9.17, 15) is 14.7 Å². The van der Waals surface area contributed by atoms with Crippen molar-refractivity contribution >= 4 is 22.8 Å². The molecule has 1 aromatic heterocycles. The standard InChI is InChI=1S/C32H39N3O5/c1-20-15-32(16-20)9-11-34(18-25-24-8-10-33-29(24)21(2)14-27(25)39-3)26(17-32)22-4-6-23(7-5-22)30(36)35-12-13-40-28(19-35)31(37)38/h4-8,10,14,20,26,28,33H,9,11-13,15-19H2,1-3H3,(H,37,38)/t20?,26-,28?,32?/m0/s1. The van der Waals surface area contributed by atoms with E-state index in [4.69, 9.17) is 9.47 Å². The average molecular weight is 546 g/mol. The number of hydrogen-bond donors (Lipinski definition) is 2. The largest absolute Gasteiger partial charge is 0.496 e. The number of likely N-dealkylation sites (tertiary alicyclic amines) is 1. The quantitative estimate of drug-likeness (QED) is 0.444. The number of carbonyl (C=O) groups is 2. The maximum Gasteiger partial charge on any atom is 0.334 e. The number of carbonyl (C=O) groups excluding carboxylic acids is 1. The number of methoxy groups -OCH3 is 1. The molecule has 2 atom stereocenters. The fraction of sp³-hybridized carbons (Fsp3) is 0.500. The first-order valence-electron chi connectivity index (χ1n) is 14.4. The zero-order valence-corrected chi connectivity index (χ0v) is 23.6. The van der Waals surface area contributed by atoms with Crippen molar-refractivity contribution in [1.82, 2.24) is 14.8 Å². The molecule has 0 bridgehead atoms. The van der Waals surface area contributed by atoms with Gasteiger partial charge in [-0.2, -0.15) is 0 Å². The lowest BCUT2D eigenvalue weighted by atomic mass is 9.56. The molecule has 212 valence electrons. The van der Waals surface area contributed by atoms with Crippen molar-refractivity contribution in [2.75, 3.05) is 33.4 Å². The second kappa shape index (κ2) is 10.6. The highest BCUT2D eigenvalue weighted by molar-refractivity contribution is 5.94. The number of aromatic amines is 1. The van der Waals surface area contributed by atoms with Gasteiger partial charge in [-0.25, -0.2) is 4.79 Å². The van der Waals surface area contributed by atoms with Gasteiger partial charge in [0.15, 0.2) is 6.10 Å². The Balaban J connectivity index is 1.27. The van der Waals surface area contributed by atoms with Crippen molar-refractivity contribution in [1.29, 1.82) is 0 Å². The Morgan fingerprint density at radius 3 is 2.62 bits per heavy atom. The number of ether oxygens (including phenoxy) is 2. The van der Waals surface area contributed by atoms with Crippen molar-refractivity contribution in [2.24, 2.45) is 11.3 Å². The lowest BCUT2D eigenvalue weighted by molar-refractivity contribution is -0.154. The number of morpholine rings is 1. The number of aryl methyl sites for hydroxylation is 1. The van der Waals surface area contributed by atoms with E-state index in [1.807, 2.05) is 18.3 Å². The Hall–Kier alpha value is -3.36. The van der Waals surface area contributed by atoms with Gasteiger partial charge in [-0.3, -0.25) is 9.69 Å². The molecule has 2 aromatic carbocycles. The number of benzene rings is 2. The van der Waals surface area contributed by atoms with Crippen LogP contribution in [0.15, 0.2) is 42.6 Å². The first kappa shape index (κ1) is 26.8. The highest BCUT2D eigenvalue weighted by Crippen LogP contribution is 2.56. The number of fused-ring (bicyclic) bond motifs is 1. The molecule has 1 aliphatic carbocycles. The van der Waals surface area contributed by atoms with Crippen molar-refractivity contribution < 1.29 is 24.2 Å². The number of hydrogen-bond acceptors (Lipinski definition) is 5. The third-order valence-corrected chi connectivity index (χ3v) is 9.42. The van der Waals surface area contributed by atoms with E-state index >= 15 is 0 Å². The number of aliphatic carboxylic acids is 1. The van der Waals surface area contributed by atoms with Crippen LogP contribution in [0, 0.1) is 18.3 Å². The van der Waals surface area contributed by atoms with Crippen molar-refractivity contribution in [2.45, 2.75) is 58.2 Å². The Morgan fingerprint density at radius 1 is 1.15 bits per heavy atom. The van der Waals surface area contributed by atoms with Gasteiger partial charge >= 0.3 is 5.97 Å². The van der Waals surface area contributed by atoms with Gasteiger partial charge in [-0.05, 0) is 85.9 Å². The van der Waals surface area contributed by atoms with Crippen LogP contribution in [0.1, 0.15) is 65.7 Å². The summed E-state index contributed by atoms with van der Waals surface area (Å²) in [6.07, 6.45) is 5.91. The summed E-state index contributed by atoms with van der Waals surface area (Å²) >= 11 is 0. The van der Waals surface area contributed by atoms with Crippen LogP contribution in [0.3, 0.4) is 0 Å². The van der Waals surface area contributed by atoms with Gasteiger partial charge in [0.25, 0.3) is 5.91 Å². The predicted molar refractivity (Wildman–Crippen MR) is 153 cm³/mol. The molecule has 2 saturated heterocycles. The summed E-state index contributed by atoms with van der Waals surface area (Å²) in [6, 6.07) is 12.5. The molecule has 2 N–H and O–H groups in total. The Morgan fingerprint density at radius 2 is 1.93 bits per heavy atom. The predicted octanol–water partition coefficient (Wildman–Crippen LogP) is 5.16. The smallest absolute Gasteiger partial charge is 0.334 e. The van der Waals surface area contributed by atoms with E-state index in [-0.39, 0.29) is 25.1 Å².